The number of fused-ring (bicyclic) bond motifs is 1. The molecule has 1 aliphatic heterocycles. The molecule has 0 saturated heterocycles. The molecule has 2 heterocycles. The van der Waals surface area contributed by atoms with E-state index in [1.165, 1.54) is 11.3 Å². The maximum Gasteiger partial charge on any atom is 0.268 e. The Morgan fingerprint density at radius 2 is 2.24 bits per heavy atom. The van der Waals surface area contributed by atoms with Gasteiger partial charge in [0.15, 0.2) is 0 Å². The number of para-hydroxylation sites is 1. The molecule has 110 valence electrons. The number of amides is 1. The Morgan fingerprint density at radius 3 is 3.00 bits per heavy atom. The smallest absolute Gasteiger partial charge is 0.268 e. The van der Waals surface area contributed by atoms with Crippen molar-refractivity contribution in [2.75, 3.05) is 18.6 Å². The number of thiophene rings is 1. The van der Waals surface area contributed by atoms with Gasteiger partial charge in [0.05, 0.1) is 12.0 Å². The fraction of sp³-hybridized carbons (Fsp3) is 0.312. The van der Waals surface area contributed by atoms with E-state index in [0.29, 0.717) is 11.4 Å². The molecule has 0 aliphatic carbocycles. The Kier molecular flexibility index (Phi) is 3.94. The molecule has 21 heavy (non-hydrogen) atoms. The Bertz CT molecular complexity index is 653. The third kappa shape index (κ3) is 2.80. The number of nitrogens with one attached hydrogen (secondary N) is 1. The molecule has 0 fully saturated rings. The van der Waals surface area contributed by atoms with Crippen LogP contribution in [-0.2, 0) is 6.54 Å². The summed E-state index contributed by atoms with van der Waals surface area (Å²) in [6.07, 6.45) is 0. The monoisotopic (exact) mass is 302 g/mol. The van der Waals surface area contributed by atoms with Crippen LogP contribution in [0.1, 0.15) is 22.2 Å². The lowest BCUT2D eigenvalue weighted by Crippen LogP contribution is -2.39. The maximum absolute atomic E-state index is 12.8. The summed E-state index contributed by atoms with van der Waals surface area (Å²) in [5.41, 5.74) is 2.14. The first-order valence-electron chi connectivity index (χ1n) is 6.94. The van der Waals surface area contributed by atoms with Gasteiger partial charge in [0, 0.05) is 36.3 Å². The number of hydrogen-bond donors (Lipinski definition) is 1. The van der Waals surface area contributed by atoms with Crippen LogP contribution < -0.4 is 15.0 Å². The van der Waals surface area contributed by atoms with Gasteiger partial charge in [-0.15, -0.1) is 11.3 Å². The molecular formula is C16H18N2O2S. The van der Waals surface area contributed by atoms with Gasteiger partial charge in [0.2, 0.25) is 0 Å². The number of nitrogens with zero attached hydrogens (tertiary/aromatic N) is 1. The van der Waals surface area contributed by atoms with Gasteiger partial charge >= 0.3 is 0 Å². The van der Waals surface area contributed by atoms with Gasteiger partial charge in [-0.3, -0.25) is 4.79 Å². The molecule has 1 aromatic heterocycles. The molecule has 1 N–H and O–H groups in total. The summed E-state index contributed by atoms with van der Waals surface area (Å²) >= 11 is 1.42. The second-order valence-electron chi connectivity index (χ2n) is 5.18. The van der Waals surface area contributed by atoms with E-state index in [0.717, 1.165) is 23.5 Å². The van der Waals surface area contributed by atoms with Gasteiger partial charge < -0.3 is 15.0 Å². The van der Waals surface area contributed by atoms with Crippen LogP contribution in [0.3, 0.4) is 0 Å². The number of benzene rings is 1. The second kappa shape index (κ2) is 5.87. The van der Waals surface area contributed by atoms with Crippen molar-refractivity contribution in [1.29, 1.82) is 0 Å². The van der Waals surface area contributed by atoms with E-state index in [1.54, 1.807) is 13.2 Å². The quantitative estimate of drug-likeness (QED) is 0.927. The summed E-state index contributed by atoms with van der Waals surface area (Å²) in [5.74, 6) is 0.768. The lowest BCUT2D eigenvalue weighted by atomic mass is 10.1. The first-order chi connectivity index (χ1) is 10.2. The maximum atomic E-state index is 12.8. The molecule has 0 saturated carbocycles. The number of carbonyl (C=O) groups excluding carboxylic acids is 1. The van der Waals surface area contributed by atoms with Crippen LogP contribution in [0.25, 0.3) is 0 Å². The summed E-state index contributed by atoms with van der Waals surface area (Å²) in [7, 11) is 1.61. The van der Waals surface area contributed by atoms with Crippen LogP contribution >= 0.6 is 11.3 Å². The number of hydrogen-bond acceptors (Lipinski definition) is 4. The molecule has 1 aromatic carbocycles. The normalized spacial score (nSPS) is 18.0. The predicted molar refractivity (Wildman–Crippen MR) is 85.3 cm³/mol. The lowest BCUT2D eigenvalue weighted by molar-refractivity contribution is 0.0989. The number of ether oxygens (including phenoxy) is 1. The summed E-state index contributed by atoms with van der Waals surface area (Å²) in [5, 5.41) is 5.30. The fourth-order valence-electron chi connectivity index (χ4n) is 2.51. The highest BCUT2D eigenvalue weighted by atomic mass is 32.1. The molecule has 3 rings (SSSR count). The minimum Gasteiger partial charge on any atom is -0.496 e. The summed E-state index contributed by atoms with van der Waals surface area (Å²) in [4.78, 5) is 15.4. The van der Waals surface area contributed by atoms with Crippen LogP contribution in [0.15, 0.2) is 35.7 Å². The largest absolute Gasteiger partial charge is 0.496 e. The molecule has 1 amide bonds. The minimum atomic E-state index is 0.0336. The van der Waals surface area contributed by atoms with Crippen LogP contribution in [0.2, 0.25) is 0 Å². The van der Waals surface area contributed by atoms with Crippen molar-refractivity contribution in [1.82, 2.24) is 5.32 Å². The SMILES string of the molecule is COc1csc(C(=O)N2CC(C)NCc3ccccc32)c1. The molecule has 1 unspecified atom stereocenters. The fourth-order valence-corrected chi connectivity index (χ4v) is 3.31. The highest BCUT2D eigenvalue weighted by molar-refractivity contribution is 7.12. The third-order valence-corrected chi connectivity index (χ3v) is 4.54. The van der Waals surface area contributed by atoms with Crippen LogP contribution in [0, 0.1) is 0 Å². The van der Waals surface area contributed by atoms with Crippen molar-refractivity contribution in [2.24, 2.45) is 0 Å². The molecule has 2 aromatic rings. The van der Waals surface area contributed by atoms with Crippen molar-refractivity contribution in [3.05, 3.63) is 46.2 Å². The summed E-state index contributed by atoms with van der Waals surface area (Å²) in [6, 6.07) is 10.1. The van der Waals surface area contributed by atoms with Crippen molar-refractivity contribution in [2.45, 2.75) is 19.5 Å². The first-order valence-corrected chi connectivity index (χ1v) is 7.82. The highest BCUT2D eigenvalue weighted by Crippen LogP contribution is 2.28. The van der Waals surface area contributed by atoms with Crippen molar-refractivity contribution >= 4 is 22.9 Å². The third-order valence-electron chi connectivity index (χ3n) is 3.65. The molecule has 0 spiro atoms. The zero-order valence-corrected chi connectivity index (χ0v) is 12.9. The zero-order valence-electron chi connectivity index (χ0n) is 12.1. The summed E-state index contributed by atoms with van der Waals surface area (Å²) in [6.45, 7) is 3.55. The predicted octanol–water partition coefficient (Wildman–Crippen LogP) is 2.90. The molecule has 1 atom stereocenters. The number of carbonyl (C=O) groups is 1. The van der Waals surface area contributed by atoms with Crippen molar-refractivity contribution in [3.8, 4) is 5.75 Å². The van der Waals surface area contributed by atoms with Gasteiger partial charge in [-0.2, -0.15) is 0 Å². The van der Waals surface area contributed by atoms with Crippen LogP contribution in [0.5, 0.6) is 5.75 Å². The first kappa shape index (κ1) is 14.1. The Hall–Kier alpha value is -1.85. The van der Waals surface area contributed by atoms with E-state index in [2.05, 4.69) is 18.3 Å². The average molecular weight is 302 g/mol. The van der Waals surface area contributed by atoms with E-state index < -0.39 is 0 Å². The van der Waals surface area contributed by atoms with E-state index in [-0.39, 0.29) is 11.9 Å². The molecule has 1 aliphatic rings. The van der Waals surface area contributed by atoms with Gasteiger partial charge in [-0.1, -0.05) is 18.2 Å². The van der Waals surface area contributed by atoms with E-state index in [1.807, 2.05) is 28.5 Å². The van der Waals surface area contributed by atoms with Crippen LogP contribution in [-0.4, -0.2) is 25.6 Å². The van der Waals surface area contributed by atoms with Crippen molar-refractivity contribution in [3.63, 3.8) is 0 Å². The average Bonchev–Trinajstić information content (AvgIpc) is 2.92. The Balaban J connectivity index is 1.97. The molecule has 0 bridgehead atoms. The van der Waals surface area contributed by atoms with E-state index in [4.69, 9.17) is 4.74 Å². The Morgan fingerprint density at radius 1 is 1.43 bits per heavy atom. The summed E-state index contributed by atoms with van der Waals surface area (Å²) < 4.78 is 5.17. The van der Waals surface area contributed by atoms with E-state index in [9.17, 15) is 4.79 Å². The lowest BCUT2D eigenvalue weighted by Gasteiger charge is -2.23. The minimum absolute atomic E-state index is 0.0336. The van der Waals surface area contributed by atoms with Gasteiger partial charge in [0.1, 0.15) is 5.75 Å². The zero-order chi connectivity index (χ0) is 14.8. The van der Waals surface area contributed by atoms with E-state index >= 15 is 0 Å². The van der Waals surface area contributed by atoms with Gasteiger partial charge in [-0.25, -0.2) is 0 Å². The molecule has 0 radical (unpaired) electrons. The molecule has 5 heteroatoms. The van der Waals surface area contributed by atoms with Gasteiger partial charge in [0.25, 0.3) is 5.91 Å². The number of methoxy groups -OCH3 is 1. The topological polar surface area (TPSA) is 41.6 Å². The van der Waals surface area contributed by atoms with Gasteiger partial charge in [-0.05, 0) is 18.6 Å². The van der Waals surface area contributed by atoms with Crippen molar-refractivity contribution < 1.29 is 9.53 Å². The number of rotatable bonds is 2. The Labute approximate surface area is 128 Å². The second-order valence-corrected chi connectivity index (χ2v) is 6.09. The standard InChI is InChI=1S/C16H18N2O2S/c1-11-9-18(14-6-4-3-5-12(14)8-17-11)16(19)15-7-13(20-2)10-21-15/h3-7,10-11,17H,8-9H2,1-2H3. The molecule has 4 nitrogen and oxygen atoms in total. The highest BCUT2D eigenvalue weighted by Gasteiger charge is 2.25. The van der Waals surface area contributed by atoms with Crippen LogP contribution in [0.4, 0.5) is 5.69 Å². The number of anilines is 1. The molecular weight excluding hydrogens is 284 g/mol.